The molecule has 0 aromatic rings. The van der Waals surface area contributed by atoms with Gasteiger partial charge in [-0.2, -0.15) is 0 Å². The predicted molar refractivity (Wildman–Crippen MR) is 103 cm³/mol. The smallest absolute Gasteiger partial charge is 0.0781 e. The molecule has 2 atom stereocenters. The van der Waals surface area contributed by atoms with Crippen molar-refractivity contribution >= 4 is 0 Å². The molecule has 4 heteroatoms. The Hall–Kier alpha value is -0.160. The summed E-state index contributed by atoms with van der Waals surface area (Å²) < 4.78 is 20.4. The van der Waals surface area contributed by atoms with Gasteiger partial charge in [0.05, 0.1) is 25.9 Å². The fourth-order valence-electron chi connectivity index (χ4n) is 2.69. The van der Waals surface area contributed by atoms with Gasteiger partial charge in [0.15, 0.2) is 0 Å². The van der Waals surface area contributed by atoms with E-state index >= 15 is 0 Å². The Bertz CT molecular complexity index is 260. The summed E-state index contributed by atoms with van der Waals surface area (Å²) >= 11 is 0. The molecule has 0 spiro atoms. The second-order valence-electron chi connectivity index (χ2n) is 8.06. The average molecular weight is 359 g/mol. The van der Waals surface area contributed by atoms with Crippen LogP contribution in [0.1, 0.15) is 66.2 Å². The number of hydrogen-bond donors (Lipinski definition) is 0. The first-order valence-corrected chi connectivity index (χ1v) is 10.4. The van der Waals surface area contributed by atoms with E-state index in [2.05, 4.69) is 20.8 Å². The van der Waals surface area contributed by atoms with Gasteiger partial charge in [-0.05, 0) is 43.9 Å². The maximum Gasteiger partial charge on any atom is 0.0781 e. The van der Waals surface area contributed by atoms with Crippen molar-refractivity contribution in [1.29, 1.82) is 0 Å². The Morgan fingerprint density at radius 3 is 1.28 bits per heavy atom. The van der Waals surface area contributed by atoms with Gasteiger partial charge in [0.1, 0.15) is 0 Å². The van der Waals surface area contributed by atoms with Gasteiger partial charge >= 0.3 is 0 Å². The lowest BCUT2D eigenvalue weighted by atomic mass is 9.88. The van der Waals surface area contributed by atoms with Crippen LogP contribution in [0.3, 0.4) is 0 Å². The standard InChI is InChI=1S/C6H12O.C5H10O2.C5H10O.C5H10/c1-6-2-4-7-5-3-6;1-5-4-6-2-3-7-5;1-5-2-3-6-4-5;1-5-3-2-4-5/h6H,2-5H2,1H3;5H,2-4H2,1H3;5H,2-4H2,1H3;5H,2-4H2,1H3/t;5-;;/m.1../s1. The zero-order chi connectivity index (χ0) is 18.3. The fourth-order valence-corrected chi connectivity index (χ4v) is 2.69. The van der Waals surface area contributed by atoms with E-state index in [1.165, 1.54) is 38.5 Å². The van der Waals surface area contributed by atoms with Crippen molar-refractivity contribution in [2.75, 3.05) is 46.2 Å². The van der Waals surface area contributed by atoms with E-state index in [1.54, 1.807) is 0 Å². The van der Waals surface area contributed by atoms with Crippen molar-refractivity contribution < 1.29 is 18.9 Å². The van der Waals surface area contributed by atoms with E-state index in [0.29, 0.717) is 6.10 Å². The first kappa shape index (κ1) is 22.9. The molecule has 3 saturated heterocycles. The van der Waals surface area contributed by atoms with Gasteiger partial charge in [-0.25, -0.2) is 0 Å². The van der Waals surface area contributed by atoms with Crippen molar-refractivity contribution in [3.05, 3.63) is 0 Å². The third kappa shape index (κ3) is 13.7. The molecule has 4 fully saturated rings. The number of rotatable bonds is 0. The van der Waals surface area contributed by atoms with Crippen LogP contribution in [0.5, 0.6) is 0 Å². The fraction of sp³-hybridized carbons (Fsp3) is 1.00. The molecule has 3 aliphatic heterocycles. The zero-order valence-electron chi connectivity index (χ0n) is 17.1. The van der Waals surface area contributed by atoms with Crippen LogP contribution in [-0.4, -0.2) is 52.4 Å². The van der Waals surface area contributed by atoms with E-state index < -0.39 is 0 Å². The molecule has 0 bridgehead atoms. The van der Waals surface area contributed by atoms with E-state index in [0.717, 1.165) is 64.0 Å². The van der Waals surface area contributed by atoms with Crippen molar-refractivity contribution in [3.8, 4) is 0 Å². The average Bonchev–Trinajstić information content (AvgIpc) is 3.07. The summed E-state index contributed by atoms with van der Waals surface area (Å²) in [5.41, 5.74) is 0. The minimum atomic E-state index is 0.314. The van der Waals surface area contributed by atoms with E-state index in [-0.39, 0.29) is 0 Å². The first-order chi connectivity index (χ1) is 12.1. The molecule has 4 aliphatic rings. The highest BCUT2D eigenvalue weighted by atomic mass is 16.6. The zero-order valence-corrected chi connectivity index (χ0v) is 17.1. The summed E-state index contributed by atoms with van der Waals surface area (Å²) in [6, 6.07) is 0. The second kappa shape index (κ2) is 15.0. The van der Waals surface area contributed by atoms with Crippen LogP contribution >= 0.6 is 0 Å². The lowest BCUT2D eigenvalue weighted by Crippen LogP contribution is -2.25. The first-order valence-electron chi connectivity index (χ1n) is 10.4. The molecule has 3 heterocycles. The maximum absolute atomic E-state index is 5.15. The number of ether oxygens (including phenoxy) is 4. The third-order valence-electron chi connectivity index (χ3n) is 5.04. The van der Waals surface area contributed by atoms with Gasteiger partial charge < -0.3 is 18.9 Å². The highest BCUT2D eigenvalue weighted by Gasteiger charge is 2.09. The molecule has 4 nitrogen and oxygen atoms in total. The largest absolute Gasteiger partial charge is 0.381 e. The van der Waals surface area contributed by atoms with E-state index in [4.69, 9.17) is 18.9 Å². The Morgan fingerprint density at radius 2 is 1.08 bits per heavy atom. The van der Waals surface area contributed by atoms with Crippen LogP contribution in [0.4, 0.5) is 0 Å². The van der Waals surface area contributed by atoms with Crippen LogP contribution in [0.25, 0.3) is 0 Å². The molecule has 0 aromatic carbocycles. The molecule has 1 unspecified atom stereocenters. The van der Waals surface area contributed by atoms with Gasteiger partial charge in [0.2, 0.25) is 0 Å². The van der Waals surface area contributed by atoms with Gasteiger partial charge in [0, 0.05) is 26.4 Å². The van der Waals surface area contributed by atoms with Crippen molar-refractivity contribution in [1.82, 2.24) is 0 Å². The lowest BCUT2D eigenvalue weighted by Gasteiger charge is -2.18. The van der Waals surface area contributed by atoms with Crippen LogP contribution in [0.2, 0.25) is 0 Å². The summed E-state index contributed by atoms with van der Waals surface area (Å²) in [4.78, 5) is 0. The molecule has 25 heavy (non-hydrogen) atoms. The van der Waals surface area contributed by atoms with Crippen LogP contribution in [-0.2, 0) is 18.9 Å². The Morgan fingerprint density at radius 1 is 0.520 bits per heavy atom. The Labute approximate surface area is 155 Å². The topological polar surface area (TPSA) is 36.9 Å². The minimum Gasteiger partial charge on any atom is -0.381 e. The SMILES string of the molecule is CC1CCC1.CC1CCOC1.CC1CCOCC1.C[C@@H]1COCCO1. The summed E-state index contributed by atoms with van der Waals surface area (Å²) in [5, 5.41) is 0. The minimum absolute atomic E-state index is 0.314. The lowest BCUT2D eigenvalue weighted by molar-refractivity contribution is -0.0797. The van der Waals surface area contributed by atoms with Gasteiger partial charge in [-0.3, -0.25) is 0 Å². The molecule has 0 radical (unpaired) electrons. The molecule has 1 aliphatic carbocycles. The molecule has 0 N–H and O–H groups in total. The molecule has 150 valence electrons. The van der Waals surface area contributed by atoms with E-state index in [9.17, 15) is 0 Å². The molecule has 1 saturated carbocycles. The van der Waals surface area contributed by atoms with Gasteiger partial charge in [0.25, 0.3) is 0 Å². The second-order valence-corrected chi connectivity index (χ2v) is 8.06. The Balaban J connectivity index is 0.000000168. The monoisotopic (exact) mass is 358 g/mol. The molecular formula is C21H42O4. The van der Waals surface area contributed by atoms with E-state index in [1.807, 2.05) is 6.92 Å². The molecule has 4 rings (SSSR count). The molecule has 0 aromatic heterocycles. The number of hydrogen-bond acceptors (Lipinski definition) is 4. The van der Waals surface area contributed by atoms with Crippen molar-refractivity contribution in [2.24, 2.45) is 17.8 Å². The highest BCUT2D eigenvalue weighted by Crippen LogP contribution is 2.24. The van der Waals surface area contributed by atoms with Crippen molar-refractivity contribution in [2.45, 2.75) is 72.3 Å². The molecular weight excluding hydrogens is 316 g/mol. The summed E-state index contributed by atoms with van der Waals surface area (Å²) in [6.45, 7) is 15.1. The maximum atomic E-state index is 5.15. The summed E-state index contributed by atoms with van der Waals surface area (Å²) in [7, 11) is 0. The Kier molecular flexibility index (Phi) is 13.7. The van der Waals surface area contributed by atoms with Crippen LogP contribution < -0.4 is 0 Å². The summed E-state index contributed by atoms with van der Waals surface area (Å²) in [6.07, 6.45) is 8.56. The van der Waals surface area contributed by atoms with Gasteiger partial charge in [-0.1, -0.05) is 40.0 Å². The normalized spacial score (nSPS) is 29.8. The quantitative estimate of drug-likeness (QED) is 0.629. The third-order valence-corrected chi connectivity index (χ3v) is 5.04. The highest BCUT2D eigenvalue weighted by molar-refractivity contribution is 4.62. The molecule has 0 amide bonds. The summed E-state index contributed by atoms with van der Waals surface area (Å²) in [5.74, 6) is 2.80. The van der Waals surface area contributed by atoms with Crippen LogP contribution in [0.15, 0.2) is 0 Å². The van der Waals surface area contributed by atoms with Crippen LogP contribution in [0, 0.1) is 17.8 Å². The predicted octanol–water partition coefficient (Wildman–Crippen LogP) is 4.70. The van der Waals surface area contributed by atoms with Gasteiger partial charge in [-0.15, -0.1) is 0 Å². The van der Waals surface area contributed by atoms with Crippen molar-refractivity contribution in [3.63, 3.8) is 0 Å².